The SMILES string of the molecule is N[C@@H]1CCCCC1(N)C(=O)O. The molecule has 1 saturated carbocycles. The summed E-state index contributed by atoms with van der Waals surface area (Å²) in [5.74, 6) is -0.968. The van der Waals surface area contributed by atoms with Crippen molar-refractivity contribution in [3.63, 3.8) is 0 Å². The van der Waals surface area contributed by atoms with Gasteiger partial charge in [0.05, 0.1) is 0 Å². The molecule has 0 saturated heterocycles. The monoisotopic (exact) mass is 158 g/mol. The Labute approximate surface area is 65.6 Å². The fourth-order valence-corrected chi connectivity index (χ4v) is 1.49. The molecular weight excluding hydrogens is 144 g/mol. The highest BCUT2D eigenvalue weighted by molar-refractivity contribution is 5.79. The zero-order chi connectivity index (χ0) is 8.48. The van der Waals surface area contributed by atoms with Crippen LogP contribution in [0.2, 0.25) is 0 Å². The lowest BCUT2D eigenvalue weighted by molar-refractivity contribution is -0.145. The molecule has 1 fully saturated rings. The van der Waals surface area contributed by atoms with Crippen molar-refractivity contribution in [2.24, 2.45) is 11.5 Å². The zero-order valence-corrected chi connectivity index (χ0v) is 6.42. The van der Waals surface area contributed by atoms with Gasteiger partial charge < -0.3 is 16.6 Å². The van der Waals surface area contributed by atoms with E-state index < -0.39 is 11.5 Å². The fourth-order valence-electron chi connectivity index (χ4n) is 1.49. The van der Waals surface area contributed by atoms with E-state index in [-0.39, 0.29) is 6.04 Å². The smallest absolute Gasteiger partial charge is 0.325 e. The molecule has 0 heterocycles. The maximum Gasteiger partial charge on any atom is 0.325 e. The van der Waals surface area contributed by atoms with Gasteiger partial charge in [-0.15, -0.1) is 0 Å². The topological polar surface area (TPSA) is 89.3 Å². The Balaban J connectivity index is 2.72. The third-order valence-corrected chi connectivity index (χ3v) is 2.42. The highest BCUT2D eigenvalue weighted by atomic mass is 16.4. The minimum atomic E-state index is -1.17. The molecule has 5 N–H and O–H groups in total. The van der Waals surface area contributed by atoms with E-state index >= 15 is 0 Å². The van der Waals surface area contributed by atoms with Gasteiger partial charge in [-0.2, -0.15) is 0 Å². The molecule has 1 rings (SSSR count). The number of carboxylic acids is 1. The molecule has 1 aliphatic carbocycles. The van der Waals surface area contributed by atoms with Crippen LogP contribution in [0.15, 0.2) is 0 Å². The van der Waals surface area contributed by atoms with Crippen LogP contribution in [0, 0.1) is 0 Å². The van der Waals surface area contributed by atoms with Crippen molar-refractivity contribution in [2.75, 3.05) is 0 Å². The predicted molar refractivity (Wildman–Crippen MR) is 41.0 cm³/mol. The summed E-state index contributed by atoms with van der Waals surface area (Å²) in [4.78, 5) is 10.7. The first kappa shape index (κ1) is 8.49. The summed E-state index contributed by atoms with van der Waals surface area (Å²) in [6.45, 7) is 0. The summed E-state index contributed by atoms with van der Waals surface area (Å²) in [6, 6.07) is -0.381. The fraction of sp³-hybridized carbons (Fsp3) is 0.857. The number of hydrogen-bond donors (Lipinski definition) is 3. The van der Waals surface area contributed by atoms with E-state index in [1.165, 1.54) is 0 Å². The van der Waals surface area contributed by atoms with E-state index in [1.54, 1.807) is 0 Å². The van der Waals surface area contributed by atoms with Crippen molar-refractivity contribution in [2.45, 2.75) is 37.3 Å². The maximum absolute atomic E-state index is 10.7. The van der Waals surface area contributed by atoms with Crippen LogP contribution in [0.3, 0.4) is 0 Å². The molecule has 0 aliphatic heterocycles. The van der Waals surface area contributed by atoms with Crippen LogP contribution in [0.4, 0.5) is 0 Å². The minimum absolute atomic E-state index is 0.381. The first-order valence-electron chi connectivity index (χ1n) is 3.85. The Bertz CT molecular complexity index is 172. The van der Waals surface area contributed by atoms with E-state index in [0.717, 1.165) is 19.3 Å². The van der Waals surface area contributed by atoms with Crippen LogP contribution in [-0.2, 0) is 4.79 Å². The van der Waals surface area contributed by atoms with Gasteiger partial charge in [0.1, 0.15) is 5.54 Å². The van der Waals surface area contributed by atoms with E-state index in [4.69, 9.17) is 16.6 Å². The third kappa shape index (κ3) is 1.36. The molecule has 1 aliphatic rings. The van der Waals surface area contributed by atoms with Crippen LogP contribution in [0.5, 0.6) is 0 Å². The molecule has 0 radical (unpaired) electrons. The molecule has 4 heteroatoms. The first-order chi connectivity index (χ1) is 5.07. The standard InChI is InChI=1S/C7H14N2O2/c8-5-3-1-2-4-7(5,9)6(10)11/h5H,1-4,8-9H2,(H,10,11)/t5-,7?/m1/s1. The highest BCUT2D eigenvalue weighted by Crippen LogP contribution is 2.24. The Morgan fingerprint density at radius 2 is 2.18 bits per heavy atom. The Morgan fingerprint density at radius 1 is 1.55 bits per heavy atom. The lowest BCUT2D eigenvalue weighted by atomic mass is 9.79. The number of nitrogens with two attached hydrogens (primary N) is 2. The second kappa shape index (κ2) is 2.79. The molecule has 2 atom stereocenters. The molecule has 0 bridgehead atoms. The van der Waals surface area contributed by atoms with Crippen molar-refractivity contribution in [3.05, 3.63) is 0 Å². The van der Waals surface area contributed by atoms with E-state index in [0.29, 0.717) is 6.42 Å². The van der Waals surface area contributed by atoms with Crippen LogP contribution in [0.25, 0.3) is 0 Å². The summed E-state index contributed by atoms with van der Waals surface area (Å²) in [7, 11) is 0. The van der Waals surface area contributed by atoms with Gasteiger partial charge in [-0.1, -0.05) is 12.8 Å². The van der Waals surface area contributed by atoms with Crippen molar-refractivity contribution in [1.29, 1.82) is 0 Å². The summed E-state index contributed by atoms with van der Waals surface area (Å²) >= 11 is 0. The number of rotatable bonds is 1. The average Bonchev–Trinajstić information content (AvgIpc) is 1.95. The lowest BCUT2D eigenvalue weighted by Crippen LogP contribution is -2.62. The number of carboxylic acid groups (broad SMARTS) is 1. The Hall–Kier alpha value is -0.610. The third-order valence-electron chi connectivity index (χ3n) is 2.42. The van der Waals surface area contributed by atoms with Crippen molar-refractivity contribution in [1.82, 2.24) is 0 Å². The molecule has 0 spiro atoms. The van der Waals surface area contributed by atoms with Crippen molar-refractivity contribution in [3.8, 4) is 0 Å². The van der Waals surface area contributed by atoms with E-state index in [9.17, 15) is 4.79 Å². The Kier molecular flexibility index (Phi) is 2.15. The van der Waals surface area contributed by atoms with E-state index in [2.05, 4.69) is 0 Å². The van der Waals surface area contributed by atoms with Crippen LogP contribution in [0.1, 0.15) is 25.7 Å². The van der Waals surface area contributed by atoms with Gasteiger partial charge in [0.25, 0.3) is 0 Å². The lowest BCUT2D eigenvalue weighted by Gasteiger charge is -2.34. The van der Waals surface area contributed by atoms with Crippen molar-refractivity contribution < 1.29 is 9.90 Å². The van der Waals surface area contributed by atoms with Gasteiger partial charge in [0, 0.05) is 6.04 Å². The molecule has 4 nitrogen and oxygen atoms in total. The van der Waals surface area contributed by atoms with Crippen LogP contribution in [-0.4, -0.2) is 22.7 Å². The molecular formula is C7H14N2O2. The highest BCUT2D eigenvalue weighted by Gasteiger charge is 2.41. The summed E-state index contributed by atoms with van der Waals surface area (Å²) in [5, 5.41) is 8.76. The minimum Gasteiger partial charge on any atom is -0.480 e. The maximum atomic E-state index is 10.7. The molecule has 0 aromatic carbocycles. The van der Waals surface area contributed by atoms with Gasteiger partial charge in [-0.25, -0.2) is 0 Å². The quantitative estimate of drug-likeness (QED) is 0.487. The molecule has 11 heavy (non-hydrogen) atoms. The molecule has 0 aromatic rings. The summed E-state index contributed by atoms with van der Waals surface area (Å²) in [6.07, 6.45) is 3.09. The summed E-state index contributed by atoms with van der Waals surface area (Å²) < 4.78 is 0. The first-order valence-corrected chi connectivity index (χ1v) is 3.85. The summed E-state index contributed by atoms with van der Waals surface area (Å²) in [5.41, 5.74) is 10.1. The van der Waals surface area contributed by atoms with E-state index in [1.807, 2.05) is 0 Å². The van der Waals surface area contributed by atoms with Gasteiger partial charge in [0.2, 0.25) is 0 Å². The van der Waals surface area contributed by atoms with Gasteiger partial charge in [-0.3, -0.25) is 4.79 Å². The zero-order valence-electron chi connectivity index (χ0n) is 6.42. The van der Waals surface area contributed by atoms with Crippen LogP contribution >= 0.6 is 0 Å². The second-order valence-electron chi connectivity index (χ2n) is 3.20. The van der Waals surface area contributed by atoms with Gasteiger partial charge in [0.15, 0.2) is 0 Å². The predicted octanol–water partition coefficient (Wildman–Crippen LogP) is -0.330. The van der Waals surface area contributed by atoms with Crippen LogP contribution < -0.4 is 11.5 Å². The Morgan fingerprint density at radius 3 is 2.55 bits per heavy atom. The largest absolute Gasteiger partial charge is 0.480 e. The van der Waals surface area contributed by atoms with Crippen molar-refractivity contribution >= 4 is 5.97 Å². The molecule has 64 valence electrons. The normalized spacial score (nSPS) is 38.5. The molecule has 0 aromatic heterocycles. The molecule has 0 amide bonds. The molecule has 1 unspecified atom stereocenters. The number of carbonyl (C=O) groups is 1. The van der Waals surface area contributed by atoms with Gasteiger partial charge >= 0.3 is 5.97 Å². The van der Waals surface area contributed by atoms with Gasteiger partial charge in [-0.05, 0) is 12.8 Å². The second-order valence-corrected chi connectivity index (χ2v) is 3.20. The number of aliphatic carboxylic acids is 1. The average molecular weight is 158 g/mol. The number of hydrogen-bond acceptors (Lipinski definition) is 3.